The van der Waals surface area contributed by atoms with Crippen LogP contribution in [0, 0.1) is 0 Å². The van der Waals surface area contributed by atoms with Gasteiger partial charge in [0, 0.05) is 6.92 Å². The summed E-state index contributed by atoms with van der Waals surface area (Å²) in [7, 11) is 0. The molecule has 0 aliphatic heterocycles. The third kappa shape index (κ3) is 4.49. The summed E-state index contributed by atoms with van der Waals surface area (Å²) in [5, 5.41) is 10.9. The zero-order chi connectivity index (χ0) is 9.56. The van der Waals surface area contributed by atoms with Crippen molar-refractivity contribution in [3.05, 3.63) is 12.7 Å². The van der Waals surface area contributed by atoms with Gasteiger partial charge in [0.15, 0.2) is 0 Å². The van der Waals surface area contributed by atoms with E-state index in [-0.39, 0.29) is 5.91 Å². The minimum absolute atomic E-state index is 0.327. The Balaban J connectivity index is 3.94. The smallest absolute Gasteiger partial charge is 0.326 e. The standard InChI is InChI=1S/C8H13NO3/c1-3-4-5-7(8(11)12)9-6(2)10/h3,7H,1,4-5H2,2H3,(H,9,10)(H,11,12)/t7-/m1/s1. The average Bonchev–Trinajstić information content (AvgIpc) is 1.96. The molecule has 4 heteroatoms. The van der Waals surface area contributed by atoms with Crippen LogP contribution >= 0.6 is 0 Å². The van der Waals surface area contributed by atoms with E-state index in [2.05, 4.69) is 11.9 Å². The molecule has 0 aromatic heterocycles. The van der Waals surface area contributed by atoms with Crippen LogP contribution in [0.5, 0.6) is 0 Å². The molecule has 12 heavy (non-hydrogen) atoms. The topological polar surface area (TPSA) is 66.4 Å². The van der Waals surface area contributed by atoms with E-state index >= 15 is 0 Å². The highest BCUT2D eigenvalue weighted by Gasteiger charge is 2.16. The molecule has 0 spiro atoms. The van der Waals surface area contributed by atoms with Gasteiger partial charge in [-0.1, -0.05) is 6.08 Å². The van der Waals surface area contributed by atoms with E-state index in [1.165, 1.54) is 6.92 Å². The van der Waals surface area contributed by atoms with Gasteiger partial charge in [0.05, 0.1) is 0 Å². The Morgan fingerprint density at radius 3 is 2.58 bits per heavy atom. The molecule has 0 bridgehead atoms. The third-order valence-electron chi connectivity index (χ3n) is 1.34. The number of nitrogens with one attached hydrogen (secondary N) is 1. The number of carbonyl (C=O) groups excluding carboxylic acids is 1. The lowest BCUT2D eigenvalue weighted by Gasteiger charge is -2.11. The van der Waals surface area contributed by atoms with Crippen molar-refractivity contribution >= 4 is 11.9 Å². The molecule has 0 aromatic carbocycles. The Hall–Kier alpha value is -1.32. The molecule has 0 saturated heterocycles. The summed E-state index contributed by atoms with van der Waals surface area (Å²) in [4.78, 5) is 21.0. The minimum Gasteiger partial charge on any atom is -0.480 e. The van der Waals surface area contributed by atoms with Crippen LogP contribution in [0.1, 0.15) is 19.8 Å². The second-order valence-corrected chi connectivity index (χ2v) is 2.46. The van der Waals surface area contributed by atoms with Crippen LogP contribution < -0.4 is 5.32 Å². The number of hydrogen-bond acceptors (Lipinski definition) is 2. The number of aliphatic carboxylic acids is 1. The molecular formula is C8H13NO3. The summed E-state index contributed by atoms with van der Waals surface area (Å²) >= 11 is 0. The lowest BCUT2D eigenvalue weighted by Crippen LogP contribution is -2.39. The van der Waals surface area contributed by atoms with Gasteiger partial charge in [-0.25, -0.2) is 4.79 Å². The van der Waals surface area contributed by atoms with E-state index in [1.54, 1.807) is 6.08 Å². The number of amides is 1. The minimum atomic E-state index is -1.01. The van der Waals surface area contributed by atoms with Crippen LogP contribution in [-0.2, 0) is 9.59 Å². The van der Waals surface area contributed by atoms with Crippen LogP contribution in [0.2, 0.25) is 0 Å². The van der Waals surface area contributed by atoms with Crippen LogP contribution in [-0.4, -0.2) is 23.0 Å². The van der Waals surface area contributed by atoms with Crippen molar-refractivity contribution < 1.29 is 14.7 Å². The molecule has 1 atom stereocenters. The molecule has 68 valence electrons. The van der Waals surface area contributed by atoms with Crippen molar-refractivity contribution in [2.75, 3.05) is 0 Å². The molecule has 0 saturated carbocycles. The van der Waals surface area contributed by atoms with Gasteiger partial charge >= 0.3 is 5.97 Å². The summed E-state index contributed by atoms with van der Waals surface area (Å²) in [6, 6.07) is -0.791. The second kappa shape index (κ2) is 5.35. The first kappa shape index (κ1) is 10.7. The number of hydrogen-bond donors (Lipinski definition) is 2. The lowest BCUT2D eigenvalue weighted by atomic mass is 10.1. The Morgan fingerprint density at radius 1 is 1.67 bits per heavy atom. The quantitative estimate of drug-likeness (QED) is 0.593. The van der Waals surface area contributed by atoms with E-state index in [0.29, 0.717) is 12.8 Å². The second-order valence-electron chi connectivity index (χ2n) is 2.46. The van der Waals surface area contributed by atoms with E-state index in [9.17, 15) is 9.59 Å². The summed E-state index contributed by atoms with van der Waals surface area (Å²) in [5.41, 5.74) is 0. The maximum absolute atomic E-state index is 10.5. The molecule has 1 amide bonds. The summed E-state index contributed by atoms with van der Waals surface area (Å²) in [5.74, 6) is -1.33. The zero-order valence-electron chi connectivity index (χ0n) is 7.04. The number of carboxylic acids is 1. The van der Waals surface area contributed by atoms with Gasteiger partial charge in [-0.05, 0) is 12.8 Å². The largest absolute Gasteiger partial charge is 0.480 e. The first-order chi connectivity index (χ1) is 5.57. The fourth-order valence-corrected chi connectivity index (χ4v) is 0.787. The molecular weight excluding hydrogens is 158 g/mol. The van der Waals surface area contributed by atoms with Crippen LogP contribution in [0.25, 0.3) is 0 Å². The Morgan fingerprint density at radius 2 is 2.25 bits per heavy atom. The van der Waals surface area contributed by atoms with Crippen LogP contribution in [0.15, 0.2) is 12.7 Å². The molecule has 0 fully saturated rings. The number of carboxylic acid groups (broad SMARTS) is 1. The molecule has 0 aliphatic rings. The highest BCUT2D eigenvalue weighted by atomic mass is 16.4. The predicted octanol–water partition coefficient (Wildman–Crippen LogP) is 0.542. The zero-order valence-corrected chi connectivity index (χ0v) is 7.04. The summed E-state index contributed by atoms with van der Waals surface area (Å²) < 4.78 is 0. The maximum atomic E-state index is 10.5. The molecule has 0 rings (SSSR count). The first-order valence-electron chi connectivity index (χ1n) is 3.68. The van der Waals surface area contributed by atoms with Gasteiger partial charge in [0.1, 0.15) is 6.04 Å². The van der Waals surface area contributed by atoms with Gasteiger partial charge in [-0.3, -0.25) is 4.79 Å². The van der Waals surface area contributed by atoms with Gasteiger partial charge in [-0.2, -0.15) is 0 Å². The highest BCUT2D eigenvalue weighted by molar-refractivity contribution is 5.81. The highest BCUT2D eigenvalue weighted by Crippen LogP contribution is 1.97. The van der Waals surface area contributed by atoms with Crippen molar-refractivity contribution in [3.63, 3.8) is 0 Å². The van der Waals surface area contributed by atoms with Crippen molar-refractivity contribution in [1.29, 1.82) is 0 Å². The lowest BCUT2D eigenvalue weighted by molar-refractivity contribution is -0.141. The van der Waals surface area contributed by atoms with Crippen LogP contribution in [0.4, 0.5) is 0 Å². The van der Waals surface area contributed by atoms with E-state index < -0.39 is 12.0 Å². The number of rotatable bonds is 5. The SMILES string of the molecule is C=CCC[C@@H](NC(C)=O)C(=O)O. The Bertz CT molecular complexity index is 189. The molecule has 0 aliphatic carbocycles. The normalized spacial score (nSPS) is 11.8. The molecule has 4 nitrogen and oxygen atoms in total. The first-order valence-corrected chi connectivity index (χ1v) is 3.68. The molecule has 2 N–H and O–H groups in total. The van der Waals surface area contributed by atoms with Gasteiger partial charge in [0.2, 0.25) is 5.91 Å². The Kier molecular flexibility index (Phi) is 4.76. The van der Waals surface area contributed by atoms with Gasteiger partial charge in [-0.15, -0.1) is 6.58 Å². The number of allylic oxidation sites excluding steroid dienone is 1. The van der Waals surface area contributed by atoms with Crippen molar-refractivity contribution in [1.82, 2.24) is 5.32 Å². The Labute approximate surface area is 71.3 Å². The van der Waals surface area contributed by atoms with E-state index in [1.807, 2.05) is 0 Å². The van der Waals surface area contributed by atoms with Gasteiger partial charge < -0.3 is 10.4 Å². The van der Waals surface area contributed by atoms with Crippen molar-refractivity contribution in [2.45, 2.75) is 25.8 Å². The van der Waals surface area contributed by atoms with Crippen LogP contribution in [0.3, 0.4) is 0 Å². The number of carbonyl (C=O) groups is 2. The summed E-state index contributed by atoms with van der Waals surface area (Å²) in [6.45, 7) is 4.76. The average molecular weight is 171 g/mol. The molecule has 0 unspecified atom stereocenters. The van der Waals surface area contributed by atoms with Crippen molar-refractivity contribution in [2.24, 2.45) is 0 Å². The van der Waals surface area contributed by atoms with E-state index in [0.717, 1.165) is 0 Å². The maximum Gasteiger partial charge on any atom is 0.326 e. The third-order valence-corrected chi connectivity index (χ3v) is 1.34. The monoisotopic (exact) mass is 171 g/mol. The molecule has 0 radical (unpaired) electrons. The van der Waals surface area contributed by atoms with E-state index in [4.69, 9.17) is 5.11 Å². The van der Waals surface area contributed by atoms with Crippen molar-refractivity contribution in [3.8, 4) is 0 Å². The predicted molar refractivity (Wildman–Crippen MR) is 44.7 cm³/mol. The summed E-state index contributed by atoms with van der Waals surface area (Å²) in [6.07, 6.45) is 2.59. The molecule has 0 aromatic rings. The fraction of sp³-hybridized carbons (Fsp3) is 0.500. The van der Waals surface area contributed by atoms with Gasteiger partial charge in [0.25, 0.3) is 0 Å². The fourth-order valence-electron chi connectivity index (χ4n) is 0.787. The molecule has 0 heterocycles.